The van der Waals surface area contributed by atoms with Crippen molar-refractivity contribution in [2.45, 2.75) is 0 Å². The van der Waals surface area contributed by atoms with E-state index < -0.39 is 35.1 Å². The number of hydrogen-bond donors (Lipinski definition) is 0. The summed E-state index contributed by atoms with van der Waals surface area (Å²) in [5.74, 6) is -4.33. The Bertz CT molecular complexity index is 1200. The van der Waals surface area contributed by atoms with E-state index in [0.29, 0.717) is 0 Å². The summed E-state index contributed by atoms with van der Waals surface area (Å²) in [5.41, 5.74) is -0.491. The number of esters is 2. The van der Waals surface area contributed by atoms with Crippen LogP contribution in [0.2, 0.25) is 0 Å². The molecule has 1 aromatic heterocycles. The Morgan fingerprint density at radius 2 is 0.938 bits per heavy atom. The highest BCUT2D eigenvalue weighted by atomic mass is 32.2. The van der Waals surface area contributed by atoms with Crippen LogP contribution in [-0.4, -0.2) is 37.7 Å². The zero-order valence-electron chi connectivity index (χ0n) is 16.6. The average molecular weight is 476 g/mol. The maximum atomic E-state index is 13.2. The van der Waals surface area contributed by atoms with Crippen LogP contribution in [0.15, 0.2) is 48.5 Å². The van der Waals surface area contributed by atoms with Crippen molar-refractivity contribution in [3.05, 3.63) is 79.0 Å². The number of Topliss-reactive ketones (excluding diaryl/α,β-unsaturated/α-hetero) is 2. The van der Waals surface area contributed by atoms with E-state index in [1.165, 1.54) is 24.3 Å². The normalized spacial score (nSPS) is 10.4. The van der Waals surface area contributed by atoms with Gasteiger partial charge in [-0.05, 0) is 48.5 Å². The van der Waals surface area contributed by atoms with Gasteiger partial charge in [0.05, 0.1) is 14.2 Å². The minimum Gasteiger partial charge on any atom is -0.465 e. The number of ketones is 2. The van der Waals surface area contributed by atoms with Gasteiger partial charge in [-0.1, -0.05) is 0 Å². The first kappa shape index (κ1) is 23.2. The van der Waals surface area contributed by atoms with Crippen LogP contribution >= 0.6 is 22.7 Å². The Kier molecular flexibility index (Phi) is 7.06. The molecule has 0 amide bonds. The van der Waals surface area contributed by atoms with Gasteiger partial charge in [0.1, 0.15) is 30.5 Å². The first-order valence-corrected chi connectivity index (χ1v) is 10.5. The van der Waals surface area contributed by atoms with Gasteiger partial charge < -0.3 is 9.47 Å². The van der Waals surface area contributed by atoms with Crippen molar-refractivity contribution in [2.24, 2.45) is 0 Å². The number of benzene rings is 2. The van der Waals surface area contributed by atoms with Gasteiger partial charge in [0.2, 0.25) is 11.6 Å². The maximum Gasteiger partial charge on any atom is 0.344 e. The van der Waals surface area contributed by atoms with Crippen LogP contribution in [0.3, 0.4) is 0 Å². The molecule has 0 saturated carbocycles. The largest absolute Gasteiger partial charge is 0.465 e. The molecule has 0 saturated heterocycles. The van der Waals surface area contributed by atoms with Gasteiger partial charge in [0.15, 0.2) is 0 Å². The van der Waals surface area contributed by atoms with Crippen LogP contribution in [0.1, 0.15) is 20.7 Å². The number of halogens is 2. The molecular formula is C22H14F2O6S2. The van der Waals surface area contributed by atoms with Crippen LogP contribution < -0.4 is 7.69 Å². The molecule has 0 aliphatic heterocycles. The smallest absolute Gasteiger partial charge is 0.344 e. The van der Waals surface area contributed by atoms with Gasteiger partial charge >= 0.3 is 11.9 Å². The van der Waals surface area contributed by atoms with E-state index in [-0.39, 0.29) is 30.0 Å². The first-order valence-electron chi connectivity index (χ1n) is 8.88. The highest BCUT2D eigenvalue weighted by molar-refractivity contribution is 7.36. The molecular weight excluding hydrogens is 462 g/mol. The predicted molar refractivity (Wildman–Crippen MR) is 114 cm³/mol. The summed E-state index contributed by atoms with van der Waals surface area (Å²) in [6.45, 7) is 0. The quantitative estimate of drug-likeness (QED) is 0.309. The predicted octanol–water partition coefficient (Wildman–Crippen LogP) is 2.50. The summed E-state index contributed by atoms with van der Waals surface area (Å²) in [4.78, 5) is 50.2. The molecule has 0 unspecified atom stereocenters. The molecule has 1 heterocycles. The lowest BCUT2D eigenvalue weighted by Crippen LogP contribution is -2.28. The fourth-order valence-corrected chi connectivity index (χ4v) is 4.83. The summed E-state index contributed by atoms with van der Waals surface area (Å²) in [5, 5.41) is 0. The zero-order valence-corrected chi connectivity index (χ0v) is 18.3. The molecule has 0 aliphatic rings. The molecule has 0 bridgehead atoms. The minimum absolute atomic E-state index is 0.0634. The zero-order chi connectivity index (χ0) is 23.4. The third-order valence-electron chi connectivity index (χ3n) is 4.23. The van der Waals surface area contributed by atoms with Crippen molar-refractivity contribution >= 4 is 57.3 Å². The molecule has 0 aliphatic carbocycles. The fourth-order valence-electron chi connectivity index (χ4n) is 2.61. The second-order valence-electron chi connectivity index (χ2n) is 6.18. The third kappa shape index (κ3) is 4.71. The monoisotopic (exact) mass is 476 g/mol. The highest BCUT2D eigenvalue weighted by Gasteiger charge is 2.27. The average Bonchev–Trinajstić information content (AvgIpc) is 2.77. The Balaban J connectivity index is 2.15. The molecule has 0 radical (unpaired) electrons. The van der Waals surface area contributed by atoms with E-state index >= 15 is 0 Å². The lowest BCUT2D eigenvalue weighted by molar-refractivity contribution is -0.134. The number of ether oxygens (including phenoxy) is 2. The van der Waals surface area contributed by atoms with Crippen LogP contribution in [0.25, 0.3) is 11.1 Å². The van der Waals surface area contributed by atoms with E-state index in [1.54, 1.807) is 0 Å². The van der Waals surface area contributed by atoms with Crippen molar-refractivity contribution < 1.29 is 37.4 Å². The number of carbonyl (C=O) groups excluding carboxylic acids is 4. The molecule has 2 aromatic carbocycles. The van der Waals surface area contributed by atoms with Gasteiger partial charge in [-0.25, -0.2) is 18.4 Å². The summed E-state index contributed by atoms with van der Waals surface area (Å²) < 4.78 is 36.2. The van der Waals surface area contributed by atoms with Gasteiger partial charge in [-0.15, -0.1) is 22.7 Å². The Hall–Kier alpha value is -3.50. The molecule has 3 rings (SSSR count). The van der Waals surface area contributed by atoms with Gasteiger partial charge in [0, 0.05) is 11.1 Å². The molecule has 0 spiro atoms. The summed E-state index contributed by atoms with van der Waals surface area (Å²) >= 11 is 1.72. The number of rotatable bonds is 6. The summed E-state index contributed by atoms with van der Waals surface area (Å²) in [7, 11) is 2.20. The highest BCUT2D eigenvalue weighted by Crippen LogP contribution is 2.16. The third-order valence-corrected chi connectivity index (χ3v) is 6.78. The fraction of sp³-hybridized carbons (Fsp3) is 0.0909. The standard InChI is InChI=1S/C22H14F2O6S2/c1-29-19(27)15(17(25)11-3-7-13(23)8-4-11)21-31-22(32-21)16(20(28)30-2)18(26)12-5-9-14(24)10-6-12/h3-10H,1-2H3. The van der Waals surface area contributed by atoms with Crippen LogP contribution in [0.5, 0.6) is 0 Å². The molecule has 0 fully saturated rings. The SMILES string of the molecule is COC(=O)C(C(=O)c1ccc(F)cc1)=c1sc(=C(C(=O)OC)C(=O)c2ccc(F)cc2)s1. The lowest BCUT2D eigenvalue weighted by Gasteiger charge is -2.08. The van der Waals surface area contributed by atoms with Gasteiger partial charge in [0.25, 0.3) is 0 Å². The molecule has 164 valence electrons. The van der Waals surface area contributed by atoms with E-state index in [1.807, 2.05) is 0 Å². The van der Waals surface area contributed by atoms with Crippen molar-refractivity contribution in [2.75, 3.05) is 14.2 Å². The van der Waals surface area contributed by atoms with E-state index in [0.717, 1.165) is 61.2 Å². The molecule has 32 heavy (non-hydrogen) atoms. The number of methoxy groups -OCH3 is 2. The molecule has 0 atom stereocenters. The summed E-state index contributed by atoms with van der Waals surface area (Å²) in [6.07, 6.45) is 0. The van der Waals surface area contributed by atoms with Gasteiger partial charge in [-0.2, -0.15) is 0 Å². The summed E-state index contributed by atoms with van der Waals surface area (Å²) in [6, 6.07) is 9.22. The molecule has 10 heteroatoms. The van der Waals surface area contributed by atoms with E-state index in [9.17, 15) is 28.0 Å². The molecule has 0 N–H and O–H groups in total. The minimum atomic E-state index is -0.919. The van der Waals surface area contributed by atoms with E-state index in [2.05, 4.69) is 0 Å². The lowest BCUT2D eigenvalue weighted by atomic mass is 10.0. The number of carbonyl (C=O) groups is 4. The van der Waals surface area contributed by atoms with Crippen molar-refractivity contribution in [3.63, 3.8) is 0 Å². The van der Waals surface area contributed by atoms with Crippen LogP contribution in [0, 0.1) is 11.6 Å². The van der Waals surface area contributed by atoms with Crippen LogP contribution in [0.4, 0.5) is 8.78 Å². The topological polar surface area (TPSA) is 86.7 Å². The van der Waals surface area contributed by atoms with Gasteiger partial charge in [-0.3, -0.25) is 9.59 Å². The second-order valence-corrected chi connectivity index (χ2v) is 8.74. The Labute approximate surface area is 188 Å². The second kappa shape index (κ2) is 9.75. The van der Waals surface area contributed by atoms with Crippen molar-refractivity contribution in [1.29, 1.82) is 0 Å². The molecule has 6 nitrogen and oxygen atoms in total. The molecule has 3 aromatic rings. The maximum absolute atomic E-state index is 13.2. The van der Waals surface area contributed by atoms with Crippen molar-refractivity contribution in [1.82, 2.24) is 0 Å². The Morgan fingerprint density at radius 3 is 1.22 bits per heavy atom. The Morgan fingerprint density at radius 1 is 0.625 bits per heavy atom. The first-order chi connectivity index (χ1) is 15.3. The van der Waals surface area contributed by atoms with E-state index in [4.69, 9.17) is 9.47 Å². The van der Waals surface area contributed by atoms with Crippen LogP contribution in [-0.2, 0) is 19.1 Å². The van der Waals surface area contributed by atoms with Crippen molar-refractivity contribution in [3.8, 4) is 0 Å². The number of hydrogen-bond acceptors (Lipinski definition) is 8.